The molecule has 1 N–H and O–H groups in total. The van der Waals surface area contributed by atoms with E-state index in [-0.39, 0.29) is 0 Å². The van der Waals surface area contributed by atoms with Gasteiger partial charge in [-0.05, 0) is 42.8 Å². The molecule has 1 saturated carbocycles. The largest absolute Gasteiger partial charge is 0.464 e. The summed E-state index contributed by atoms with van der Waals surface area (Å²) in [5.41, 5.74) is 0. The summed E-state index contributed by atoms with van der Waals surface area (Å²) in [6, 6.07) is 4.47. The SMILES string of the molecule is c1cnc2c(c1)SNC(OCC1CC1)=N2. The Bertz CT molecular complexity index is 403. The van der Waals surface area contributed by atoms with Gasteiger partial charge in [-0.2, -0.15) is 4.99 Å². The van der Waals surface area contributed by atoms with E-state index < -0.39 is 0 Å². The molecule has 4 nitrogen and oxygen atoms in total. The van der Waals surface area contributed by atoms with Crippen molar-refractivity contribution in [2.45, 2.75) is 17.7 Å². The van der Waals surface area contributed by atoms with Crippen molar-refractivity contribution in [3.63, 3.8) is 0 Å². The molecule has 1 aliphatic carbocycles. The highest BCUT2D eigenvalue weighted by atomic mass is 32.2. The van der Waals surface area contributed by atoms with Crippen LogP contribution in [0.1, 0.15) is 12.8 Å². The van der Waals surface area contributed by atoms with Gasteiger partial charge in [-0.1, -0.05) is 0 Å². The van der Waals surface area contributed by atoms with Crippen molar-refractivity contribution < 1.29 is 4.74 Å². The number of aliphatic imine (C=N–C) groups is 1. The molecule has 1 aromatic heterocycles. The van der Waals surface area contributed by atoms with Gasteiger partial charge in [-0.3, -0.25) is 4.72 Å². The van der Waals surface area contributed by atoms with Gasteiger partial charge in [-0.15, -0.1) is 0 Å². The average molecular weight is 221 g/mol. The molecule has 0 amide bonds. The van der Waals surface area contributed by atoms with Crippen molar-refractivity contribution in [2.75, 3.05) is 6.61 Å². The smallest absolute Gasteiger partial charge is 0.302 e. The van der Waals surface area contributed by atoms with E-state index >= 15 is 0 Å². The summed E-state index contributed by atoms with van der Waals surface area (Å²) >= 11 is 1.50. The maximum absolute atomic E-state index is 5.54. The Kier molecular flexibility index (Phi) is 2.25. The molecule has 0 bridgehead atoms. The van der Waals surface area contributed by atoms with Crippen LogP contribution in [0.4, 0.5) is 5.82 Å². The molecular formula is C10H11N3OS. The quantitative estimate of drug-likeness (QED) is 0.777. The van der Waals surface area contributed by atoms with Gasteiger partial charge in [0, 0.05) is 6.20 Å². The molecule has 5 heteroatoms. The molecule has 1 aliphatic heterocycles. The monoisotopic (exact) mass is 221 g/mol. The Labute approximate surface area is 92.3 Å². The van der Waals surface area contributed by atoms with E-state index in [0.717, 1.165) is 23.2 Å². The van der Waals surface area contributed by atoms with Crippen LogP contribution in [0.15, 0.2) is 28.2 Å². The van der Waals surface area contributed by atoms with Crippen molar-refractivity contribution in [3.05, 3.63) is 18.3 Å². The molecule has 0 saturated heterocycles. The van der Waals surface area contributed by atoms with Gasteiger partial charge in [0.15, 0.2) is 5.82 Å². The zero-order chi connectivity index (χ0) is 10.1. The third kappa shape index (κ3) is 2.07. The molecule has 78 valence electrons. The summed E-state index contributed by atoms with van der Waals surface area (Å²) in [4.78, 5) is 9.52. The normalized spacial score (nSPS) is 18.8. The van der Waals surface area contributed by atoms with Crippen LogP contribution in [0.25, 0.3) is 0 Å². The van der Waals surface area contributed by atoms with Gasteiger partial charge >= 0.3 is 6.02 Å². The Balaban J connectivity index is 1.72. The maximum atomic E-state index is 5.54. The summed E-state index contributed by atoms with van der Waals surface area (Å²) in [7, 11) is 0. The molecule has 15 heavy (non-hydrogen) atoms. The molecule has 2 aliphatic rings. The van der Waals surface area contributed by atoms with Crippen LogP contribution in [0.5, 0.6) is 0 Å². The van der Waals surface area contributed by atoms with Crippen LogP contribution < -0.4 is 4.72 Å². The molecular weight excluding hydrogens is 210 g/mol. The van der Waals surface area contributed by atoms with Gasteiger partial charge in [0.05, 0.1) is 11.5 Å². The minimum absolute atomic E-state index is 0.582. The van der Waals surface area contributed by atoms with Crippen molar-refractivity contribution in [3.8, 4) is 0 Å². The number of fused-ring (bicyclic) bond motifs is 1. The van der Waals surface area contributed by atoms with Gasteiger partial charge < -0.3 is 4.74 Å². The Morgan fingerprint density at radius 3 is 3.33 bits per heavy atom. The third-order valence-corrected chi connectivity index (χ3v) is 3.17. The lowest BCUT2D eigenvalue weighted by atomic mass is 10.4. The number of rotatable bonds is 2. The van der Waals surface area contributed by atoms with Crippen LogP contribution in [0.2, 0.25) is 0 Å². The molecule has 0 aromatic carbocycles. The summed E-state index contributed by atoms with van der Waals surface area (Å²) in [5, 5.41) is 0. The van der Waals surface area contributed by atoms with Crippen molar-refractivity contribution >= 4 is 23.8 Å². The van der Waals surface area contributed by atoms with Crippen LogP contribution in [-0.4, -0.2) is 17.6 Å². The molecule has 0 radical (unpaired) electrons. The summed E-state index contributed by atoms with van der Waals surface area (Å²) in [6.07, 6.45) is 4.32. The fourth-order valence-electron chi connectivity index (χ4n) is 1.31. The number of ether oxygens (including phenoxy) is 1. The zero-order valence-corrected chi connectivity index (χ0v) is 8.96. The first-order valence-corrected chi connectivity index (χ1v) is 5.83. The van der Waals surface area contributed by atoms with Crippen LogP contribution >= 0.6 is 11.9 Å². The molecule has 2 heterocycles. The second kappa shape index (κ2) is 3.73. The van der Waals surface area contributed by atoms with Gasteiger partial charge in [0.1, 0.15) is 0 Å². The lowest BCUT2D eigenvalue weighted by Crippen LogP contribution is -2.22. The van der Waals surface area contributed by atoms with E-state index in [0.29, 0.717) is 6.02 Å². The maximum Gasteiger partial charge on any atom is 0.302 e. The van der Waals surface area contributed by atoms with Crippen LogP contribution in [-0.2, 0) is 4.74 Å². The van der Waals surface area contributed by atoms with Crippen LogP contribution in [0.3, 0.4) is 0 Å². The second-order valence-corrected chi connectivity index (χ2v) is 4.55. The second-order valence-electron chi connectivity index (χ2n) is 3.70. The van der Waals surface area contributed by atoms with Crippen LogP contribution in [0, 0.1) is 5.92 Å². The molecule has 0 atom stereocenters. The van der Waals surface area contributed by atoms with E-state index in [9.17, 15) is 0 Å². The van der Waals surface area contributed by atoms with E-state index in [1.54, 1.807) is 6.20 Å². The van der Waals surface area contributed by atoms with Crippen molar-refractivity contribution in [1.29, 1.82) is 0 Å². The molecule has 0 unspecified atom stereocenters. The van der Waals surface area contributed by atoms with E-state index in [2.05, 4.69) is 14.7 Å². The molecule has 0 spiro atoms. The summed E-state index contributed by atoms with van der Waals surface area (Å²) in [5.74, 6) is 1.48. The Morgan fingerprint density at radius 1 is 1.53 bits per heavy atom. The number of amidine groups is 1. The highest BCUT2D eigenvalue weighted by Crippen LogP contribution is 2.31. The van der Waals surface area contributed by atoms with Gasteiger partial charge in [0.25, 0.3) is 0 Å². The average Bonchev–Trinajstić information content (AvgIpc) is 3.10. The van der Waals surface area contributed by atoms with E-state index in [4.69, 9.17) is 4.74 Å². The predicted molar refractivity (Wildman–Crippen MR) is 59.0 cm³/mol. The van der Waals surface area contributed by atoms with Gasteiger partial charge in [0.2, 0.25) is 0 Å². The summed E-state index contributed by atoms with van der Waals surface area (Å²) < 4.78 is 8.60. The molecule has 1 aromatic rings. The number of aromatic nitrogens is 1. The molecule has 3 rings (SSSR count). The fraction of sp³-hybridized carbons (Fsp3) is 0.400. The summed E-state index contributed by atoms with van der Waals surface area (Å²) in [6.45, 7) is 0.772. The zero-order valence-electron chi connectivity index (χ0n) is 8.14. The Hall–Kier alpha value is -1.23. The highest BCUT2D eigenvalue weighted by molar-refractivity contribution is 7.98. The van der Waals surface area contributed by atoms with Crippen molar-refractivity contribution in [2.24, 2.45) is 10.9 Å². The van der Waals surface area contributed by atoms with Gasteiger partial charge in [-0.25, -0.2) is 4.98 Å². The highest BCUT2D eigenvalue weighted by Gasteiger charge is 2.23. The Morgan fingerprint density at radius 2 is 2.47 bits per heavy atom. The van der Waals surface area contributed by atoms with Crippen molar-refractivity contribution in [1.82, 2.24) is 9.71 Å². The van der Waals surface area contributed by atoms with E-state index in [1.165, 1.54) is 24.8 Å². The number of pyridine rings is 1. The lowest BCUT2D eigenvalue weighted by molar-refractivity contribution is 0.279. The first-order chi connectivity index (χ1) is 7.42. The predicted octanol–water partition coefficient (Wildman–Crippen LogP) is 2.11. The van der Waals surface area contributed by atoms with E-state index in [1.807, 2.05) is 12.1 Å². The lowest BCUT2D eigenvalue weighted by Gasteiger charge is -2.15. The first kappa shape index (κ1) is 9.03. The molecule has 1 fully saturated rings. The number of nitrogens with zero attached hydrogens (tertiary/aromatic N) is 2. The first-order valence-electron chi connectivity index (χ1n) is 5.01. The topological polar surface area (TPSA) is 46.5 Å². The minimum atomic E-state index is 0.582. The fourth-order valence-corrected chi connectivity index (χ4v) is 1.94. The standard InChI is InChI=1S/C10H11N3OS/c1-2-8-9(11-5-1)12-10(13-15-8)14-6-7-3-4-7/h1-2,5,7H,3-4,6H2,(H,11,12,13). The number of nitrogens with one attached hydrogen (secondary N) is 1. The minimum Gasteiger partial charge on any atom is -0.464 e. The number of hydrogen-bond donors (Lipinski definition) is 1. The third-order valence-electron chi connectivity index (χ3n) is 2.36. The number of hydrogen-bond acceptors (Lipinski definition) is 5.